The van der Waals surface area contributed by atoms with Crippen LogP contribution in [0.2, 0.25) is 0 Å². The molecule has 1 heterocycles. The van der Waals surface area contributed by atoms with Crippen LogP contribution in [0.15, 0.2) is 85.6 Å². The number of rotatable bonds is 10. The topological polar surface area (TPSA) is 60.4 Å². The van der Waals surface area contributed by atoms with Gasteiger partial charge in [0, 0.05) is 15.6 Å². The molecule has 0 aliphatic carbocycles. The molecule has 37 heavy (non-hydrogen) atoms. The van der Waals surface area contributed by atoms with Gasteiger partial charge in [0.1, 0.15) is 6.61 Å². The minimum Gasteiger partial charge on any atom is -0.493 e. The van der Waals surface area contributed by atoms with Crippen LogP contribution in [0, 0.1) is 0 Å². The quantitative estimate of drug-likeness (QED) is 0.169. The number of para-hydroxylation sites is 1. The second-order valence-corrected chi connectivity index (χ2v) is 10.7. The van der Waals surface area contributed by atoms with Crippen LogP contribution in [0.25, 0.3) is 6.08 Å². The van der Waals surface area contributed by atoms with Gasteiger partial charge < -0.3 is 14.2 Å². The Hall–Kier alpha value is -2.59. The van der Waals surface area contributed by atoms with Crippen LogP contribution in [0.1, 0.15) is 18.1 Å². The smallest absolute Gasteiger partial charge is 0.266 e. The van der Waals surface area contributed by atoms with E-state index in [0.29, 0.717) is 47.9 Å². The third-order valence-electron chi connectivity index (χ3n) is 5.41. The summed E-state index contributed by atoms with van der Waals surface area (Å²) in [6.07, 6.45) is 1.85. The van der Waals surface area contributed by atoms with Crippen molar-refractivity contribution in [3.63, 3.8) is 0 Å². The van der Waals surface area contributed by atoms with Crippen molar-refractivity contribution < 1.29 is 19.0 Å². The molecule has 192 valence electrons. The molecule has 0 saturated carbocycles. The zero-order valence-corrected chi connectivity index (χ0v) is 24.4. The predicted octanol–water partition coefficient (Wildman–Crippen LogP) is 7.44. The fourth-order valence-electron chi connectivity index (χ4n) is 3.52. The van der Waals surface area contributed by atoms with Crippen molar-refractivity contribution in [3.8, 4) is 11.5 Å². The van der Waals surface area contributed by atoms with Gasteiger partial charge in [0.25, 0.3) is 5.91 Å². The maximum Gasteiger partial charge on any atom is 0.266 e. The van der Waals surface area contributed by atoms with E-state index in [1.165, 1.54) is 11.8 Å². The molecule has 0 bridgehead atoms. The molecule has 0 N–H and O–H groups in total. The SMILES string of the molecule is CCOCCN1C(=O)/C(=C/c2cc(OC)c(OCc3ccc(Br)cc3)cc2Br)SC1=Nc1ccccc1. The van der Waals surface area contributed by atoms with Crippen molar-refractivity contribution >= 4 is 66.5 Å². The summed E-state index contributed by atoms with van der Waals surface area (Å²) in [7, 11) is 1.60. The molecule has 1 fully saturated rings. The molecule has 3 aromatic carbocycles. The molecule has 0 atom stereocenters. The number of hydrogen-bond donors (Lipinski definition) is 0. The Morgan fingerprint density at radius 3 is 2.49 bits per heavy atom. The Morgan fingerprint density at radius 1 is 1.03 bits per heavy atom. The Kier molecular flexibility index (Phi) is 9.85. The second kappa shape index (κ2) is 13.3. The number of carbonyl (C=O) groups is 1. The first kappa shape index (κ1) is 27.4. The number of halogens is 2. The van der Waals surface area contributed by atoms with Gasteiger partial charge in [-0.05, 0) is 72.3 Å². The van der Waals surface area contributed by atoms with E-state index in [1.807, 2.05) is 79.7 Å². The molecule has 0 unspecified atom stereocenters. The Labute approximate surface area is 238 Å². The van der Waals surface area contributed by atoms with Crippen LogP contribution in [0.5, 0.6) is 11.5 Å². The highest BCUT2D eigenvalue weighted by Crippen LogP contribution is 2.39. The fraction of sp³-hybridized carbons (Fsp3) is 0.214. The number of amides is 1. The molecule has 0 spiro atoms. The number of benzene rings is 3. The molecular weight excluding hydrogens is 620 g/mol. The van der Waals surface area contributed by atoms with E-state index >= 15 is 0 Å². The number of ether oxygens (including phenoxy) is 3. The number of thioether (sulfide) groups is 1. The minimum absolute atomic E-state index is 0.110. The normalized spacial score (nSPS) is 15.6. The lowest BCUT2D eigenvalue weighted by Crippen LogP contribution is -2.32. The average molecular weight is 646 g/mol. The second-order valence-electron chi connectivity index (χ2n) is 7.93. The molecular formula is C28H26Br2N2O4S. The standard InChI is InChI=1S/C28H26Br2N2O4S/c1-3-35-14-13-32-27(33)26(37-28(32)31-22-7-5-4-6-8-22)16-20-15-24(34-2)25(17-23(20)30)36-18-19-9-11-21(29)12-10-19/h4-12,15-17H,3,13-14,18H2,1-2H3/b26-16-,31-28?. The van der Waals surface area contributed by atoms with Gasteiger partial charge in [-0.2, -0.15) is 0 Å². The lowest BCUT2D eigenvalue weighted by Gasteiger charge is -2.15. The molecule has 1 saturated heterocycles. The van der Waals surface area contributed by atoms with Crippen LogP contribution in [-0.4, -0.2) is 42.8 Å². The number of aliphatic imine (C=N–C) groups is 1. The van der Waals surface area contributed by atoms with Crippen LogP contribution < -0.4 is 9.47 Å². The molecule has 1 amide bonds. The van der Waals surface area contributed by atoms with Crippen LogP contribution in [-0.2, 0) is 16.1 Å². The van der Waals surface area contributed by atoms with E-state index in [9.17, 15) is 4.79 Å². The summed E-state index contributed by atoms with van der Waals surface area (Å²) >= 11 is 8.43. The van der Waals surface area contributed by atoms with Crippen LogP contribution in [0.3, 0.4) is 0 Å². The third-order valence-corrected chi connectivity index (χ3v) is 7.63. The van der Waals surface area contributed by atoms with E-state index in [1.54, 1.807) is 12.0 Å². The van der Waals surface area contributed by atoms with Crippen molar-refractivity contribution in [2.45, 2.75) is 13.5 Å². The number of methoxy groups -OCH3 is 1. The van der Waals surface area contributed by atoms with Crippen molar-refractivity contribution in [1.29, 1.82) is 0 Å². The maximum absolute atomic E-state index is 13.3. The van der Waals surface area contributed by atoms with E-state index in [4.69, 9.17) is 19.2 Å². The summed E-state index contributed by atoms with van der Waals surface area (Å²) in [6.45, 7) is 3.79. The summed E-state index contributed by atoms with van der Waals surface area (Å²) in [5.74, 6) is 1.07. The van der Waals surface area contributed by atoms with Crippen molar-refractivity contribution in [2.24, 2.45) is 4.99 Å². The zero-order chi connectivity index (χ0) is 26.2. The number of carbonyl (C=O) groups excluding carboxylic acids is 1. The maximum atomic E-state index is 13.3. The molecule has 0 radical (unpaired) electrons. The van der Waals surface area contributed by atoms with Gasteiger partial charge in [-0.25, -0.2) is 4.99 Å². The zero-order valence-electron chi connectivity index (χ0n) is 20.4. The van der Waals surface area contributed by atoms with E-state index in [-0.39, 0.29) is 5.91 Å². The van der Waals surface area contributed by atoms with Crippen molar-refractivity contribution in [2.75, 3.05) is 26.9 Å². The van der Waals surface area contributed by atoms with Gasteiger partial charge in [0.15, 0.2) is 16.7 Å². The molecule has 3 aromatic rings. The summed E-state index contributed by atoms with van der Waals surface area (Å²) in [4.78, 5) is 20.3. The van der Waals surface area contributed by atoms with Gasteiger partial charge in [-0.1, -0.05) is 62.2 Å². The summed E-state index contributed by atoms with van der Waals surface area (Å²) < 4.78 is 18.9. The highest BCUT2D eigenvalue weighted by Gasteiger charge is 2.33. The molecule has 1 aliphatic heterocycles. The largest absolute Gasteiger partial charge is 0.493 e. The first-order valence-corrected chi connectivity index (χ1v) is 14.1. The first-order chi connectivity index (χ1) is 18.0. The molecule has 4 rings (SSSR count). The lowest BCUT2D eigenvalue weighted by atomic mass is 10.1. The average Bonchev–Trinajstić information content (AvgIpc) is 3.19. The van der Waals surface area contributed by atoms with E-state index in [2.05, 4.69) is 31.9 Å². The van der Waals surface area contributed by atoms with E-state index < -0.39 is 0 Å². The van der Waals surface area contributed by atoms with Crippen molar-refractivity contribution in [3.05, 3.63) is 91.7 Å². The summed E-state index contributed by atoms with van der Waals surface area (Å²) in [5.41, 5.74) is 2.63. The van der Waals surface area contributed by atoms with Crippen molar-refractivity contribution in [1.82, 2.24) is 4.90 Å². The van der Waals surface area contributed by atoms with Gasteiger partial charge >= 0.3 is 0 Å². The van der Waals surface area contributed by atoms with Gasteiger partial charge in [0.2, 0.25) is 0 Å². The Bertz CT molecular complexity index is 1300. The number of nitrogens with zero attached hydrogens (tertiary/aromatic N) is 2. The Balaban J connectivity index is 1.59. The van der Waals surface area contributed by atoms with Gasteiger partial charge in [0.05, 0.1) is 30.9 Å². The third kappa shape index (κ3) is 7.25. The van der Waals surface area contributed by atoms with Crippen LogP contribution in [0.4, 0.5) is 5.69 Å². The first-order valence-electron chi connectivity index (χ1n) is 11.7. The number of amidine groups is 1. The lowest BCUT2D eigenvalue weighted by molar-refractivity contribution is -0.122. The van der Waals surface area contributed by atoms with E-state index in [0.717, 1.165) is 25.8 Å². The molecule has 0 aromatic heterocycles. The number of hydrogen-bond acceptors (Lipinski definition) is 6. The van der Waals surface area contributed by atoms with Gasteiger partial charge in [-0.15, -0.1) is 0 Å². The molecule has 9 heteroatoms. The predicted molar refractivity (Wildman–Crippen MR) is 156 cm³/mol. The fourth-order valence-corrected chi connectivity index (χ4v) is 5.24. The highest BCUT2D eigenvalue weighted by molar-refractivity contribution is 9.10. The molecule has 6 nitrogen and oxygen atoms in total. The summed E-state index contributed by atoms with van der Waals surface area (Å²) in [5, 5.41) is 0.625. The summed E-state index contributed by atoms with van der Waals surface area (Å²) in [6, 6.07) is 21.3. The highest BCUT2D eigenvalue weighted by atomic mass is 79.9. The Morgan fingerprint density at radius 2 is 1.78 bits per heavy atom. The monoisotopic (exact) mass is 644 g/mol. The molecule has 1 aliphatic rings. The van der Waals surface area contributed by atoms with Gasteiger partial charge in [-0.3, -0.25) is 9.69 Å². The minimum atomic E-state index is -0.110. The van der Waals surface area contributed by atoms with Crippen LogP contribution >= 0.6 is 43.6 Å².